The van der Waals surface area contributed by atoms with Crippen molar-refractivity contribution in [2.45, 2.75) is 12.8 Å². The predicted octanol–water partition coefficient (Wildman–Crippen LogP) is 2.03. The number of likely N-dealkylation sites (tertiary alicyclic amines) is 1. The molecule has 1 aromatic rings. The van der Waals surface area contributed by atoms with E-state index >= 15 is 0 Å². The number of halogens is 1. The van der Waals surface area contributed by atoms with Gasteiger partial charge in [0, 0.05) is 18.8 Å². The summed E-state index contributed by atoms with van der Waals surface area (Å²) in [4.78, 5) is 24.4. The van der Waals surface area contributed by atoms with E-state index in [1.54, 1.807) is 6.07 Å². The normalized spacial score (nSPS) is 17.9. The SMILES string of the molecule is N#Cc1ccc(NC(=O)N2CCCC(C(=O)O)C2)cc1F. The summed E-state index contributed by atoms with van der Waals surface area (Å²) >= 11 is 0. The Morgan fingerprint density at radius 1 is 1.48 bits per heavy atom. The second-order valence-electron chi connectivity index (χ2n) is 4.86. The second-order valence-corrected chi connectivity index (χ2v) is 4.86. The molecule has 1 saturated heterocycles. The first kappa shape index (κ1) is 14.8. The van der Waals surface area contributed by atoms with Crippen molar-refractivity contribution in [1.29, 1.82) is 5.26 Å². The van der Waals surface area contributed by atoms with Crippen LogP contribution in [0.4, 0.5) is 14.9 Å². The van der Waals surface area contributed by atoms with E-state index in [4.69, 9.17) is 10.4 Å². The van der Waals surface area contributed by atoms with E-state index < -0.39 is 23.7 Å². The molecule has 2 amide bonds. The minimum Gasteiger partial charge on any atom is -0.481 e. The van der Waals surface area contributed by atoms with Gasteiger partial charge < -0.3 is 15.3 Å². The van der Waals surface area contributed by atoms with Gasteiger partial charge in [-0.15, -0.1) is 0 Å². The highest BCUT2D eigenvalue weighted by Gasteiger charge is 2.28. The number of carboxylic acids is 1. The van der Waals surface area contributed by atoms with Crippen LogP contribution in [-0.2, 0) is 4.79 Å². The van der Waals surface area contributed by atoms with E-state index in [0.29, 0.717) is 19.4 Å². The molecule has 2 rings (SSSR count). The number of aliphatic carboxylic acids is 1. The first-order valence-electron chi connectivity index (χ1n) is 6.49. The second kappa shape index (κ2) is 6.22. The molecule has 110 valence electrons. The number of nitrogens with one attached hydrogen (secondary N) is 1. The maximum Gasteiger partial charge on any atom is 0.321 e. The van der Waals surface area contributed by atoms with Gasteiger partial charge in [-0.3, -0.25) is 4.79 Å². The number of piperidine rings is 1. The minimum atomic E-state index is -0.920. The summed E-state index contributed by atoms with van der Waals surface area (Å²) in [6.45, 7) is 0.605. The maximum absolute atomic E-state index is 13.4. The van der Waals surface area contributed by atoms with Gasteiger partial charge in [-0.2, -0.15) is 5.26 Å². The fraction of sp³-hybridized carbons (Fsp3) is 0.357. The summed E-state index contributed by atoms with van der Waals surface area (Å²) in [5.74, 6) is -2.20. The van der Waals surface area contributed by atoms with Crippen LogP contribution in [0.5, 0.6) is 0 Å². The number of benzene rings is 1. The number of urea groups is 1. The molecule has 0 saturated carbocycles. The first-order valence-corrected chi connectivity index (χ1v) is 6.49. The average Bonchev–Trinajstić information content (AvgIpc) is 2.47. The largest absolute Gasteiger partial charge is 0.481 e. The predicted molar refractivity (Wildman–Crippen MR) is 72.1 cm³/mol. The Morgan fingerprint density at radius 3 is 2.86 bits per heavy atom. The molecule has 1 aromatic carbocycles. The molecule has 1 fully saturated rings. The molecule has 1 heterocycles. The van der Waals surface area contributed by atoms with Crippen molar-refractivity contribution in [2.75, 3.05) is 18.4 Å². The molecular formula is C14H14FN3O3. The molecule has 21 heavy (non-hydrogen) atoms. The Bertz CT molecular complexity index is 612. The summed E-state index contributed by atoms with van der Waals surface area (Å²) in [7, 11) is 0. The lowest BCUT2D eigenvalue weighted by Gasteiger charge is -2.30. The zero-order valence-electron chi connectivity index (χ0n) is 11.2. The fourth-order valence-corrected chi connectivity index (χ4v) is 2.25. The number of hydrogen-bond donors (Lipinski definition) is 2. The summed E-state index contributed by atoms with van der Waals surface area (Å²) < 4.78 is 13.4. The van der Waals surface area contributed by atoms with E-state index in [0.717, 1.165) is 6.07 Å². The molecule has 6 nitrogen and oxygen atoms in total. The Balaban J connectivity index is 2.03. The van der Waals surface area contributed by atoms with Crippen LogP contribution in [0.1, 0.15) is 18.4 Å². The van der Waals surface area contributed by atoms with Gasteiger partial charge in [0.25, 0.3) is 0 Å². The van der Waals surface area contributed by atoms with Gasteiger partial charge in [0.2, 0.25) is 0 Å². The van der Waals surface area contributed by atoms with Crippen LogP contribution < -0.4 is 5.32 Å². The van der Waals surface area contributed by atoms with Crippen LogP contribution in [0.15, 0.2) is 18.2 Å². The van der Waals surface area contributed by atoms with Gasteiger partial charge >= 0.3 is 12.0 Å². The molecule has 7 heteroatoms. The number of carboxylic acid groups (broad SMARTS) is 1. The molecular weight excluding hydrogens is 277 g/mol. The van der Waals surface area contributed by atoms with Crippen molar-refractivity contribution in [2.24, 2.45) is 5.92 Å². The lowest BCUT2D eigenvalue weighted by molar-refractivity contribution is -0.143. The van der Waals surface area contributed by atoms with Crippen molar-refractivity contribution in [1.82, 2.24) is 4.90 Å². The Kier molecular flexibility index (Phi) is 4.38. The van der Waals surface area contributed by atoms with Crippen molar-refractivity contribution in [3.63, 3.8) is 0 Å². The molecule has 2 N–H and O–H groups in total. The van der Waals surface area contributed by atoms with E-state index in [1.165, 1.54) is 17.0 Å². The van der Waals surface area contributed by atoms with Crippen LogP contribution in [0.3, 0.4) is 0 Å². The number of carbonyl (C=O) groups is 2. The van der Waals surface area contributed by atoms with Gasteiger partial charge in [0.05, 0.1) is 11.5 Å². The molecule has 1 atom stereocenters. The number of anilines is 1. The third-order valence-electron chi connectivity index (χ3n) is 3.40. The summed E-state index contributed by atoms with van der Waals surface area (Å²) in [5.41, 5.74) is 0.130. The van der Waals surface area contributed by atoms with Gasteiger partial charge in [-0.25, -0.2) is 9.18 Å². The van der Waals surface area contributed by atoms with Crippen molar-refractivity contribution in [3.8, 4) is 6.07 Å². The molecule has 1 unspecified atom stereocenters. The minimum absolute atomic E-state index is 0.100. The Labute approximate surface area is 120 Å². The lowest BCUT2D eigenvalue weighted by Crippen LogP contribution is -2.44. The average molecular weight is 291 g/mol. The molecule has 0 spiro atoms. The van der Waals surface area contributed by atoms with Crippen molar-refractivity contribution >= 4 is 17.7 Å². The van der Waals surface area contributed by atoms with Crippen LogP contribution >= 0.6 is 0 Å². The van der Waals surface area contributed by atoms with Gasteiger partial charge in [-0.05, 0) is 31.0 Å². The molecule has 0 bridgehead atoms. The quantitative estimate of drug-likeness (QED) is 0.871. The third-order valence-corrected chi connectivity index (χ3v) is 3.40. The highest BCUT2D eigenvalue weighted by molar-refractivity contribution is 5.89. The van der Waals surface area contributed by atoms with E-state index in [9.17, 15) is 14.0 Å². The third kappa shape index (κ3) is 3.48. The van der Waals surface area contributed by atoms with Gasteiger partial charge in [0.1, 0.15) is 11.9 Å². The van der Waals surface area contributed by atoms with Crippen LogP contribution in [0, 0.1) is 23.1 Å². The Morgan fingerprint density at radius 2 is 2.24 bits per heavy atom. The van der Waals surface area contributed by atoms with Gasteiger partial charge in [-0.1, -0.05) is 0 Å². The zero-order chi connectivity index (χ0) is 15.4. The number of nitrogens with zero attached hydrogens (tertiary/aromatic N) is 2. The smallest absolute Gasteiger partial charge is 0.321 e. The van der Waals surface area contributed by atoms with Crippen LogP contribution in [0.25, 0.3) is 0 Å². The number of hydrogen-bond acceptors (Lipinski definition) is 3. The maximum atomic E-state index is 13.4. The lowest BCUT2D eigenvalue weighted by atomic mass is 9.99. The van der Waals surface area contributed by atoms with Crippen LogP contribution in [-0.4, -0.2) is 35.1 Å². The molecule has 0 aromatic heterocycles. The van der Waals surface area contributed by atoms with E-state index in [-0.39, 0.29) is 17.8 Å². The van der Waals surface area contributed by atoms with E-state index in [2.05, 4.69) is 5.32 Å². The van der Waals surface area contributed by atoms with Gasteiger partial charge in [0.15, 0.2) is 0 Å². The number of amides is 2. The molecule has 0 aliphatic carbocycles. The molecule has 1 aliphatic rings. The molecule has 0 radical (unpaired) electrons. The summed E-state index contributed by atoms with van der Waals surface area (Å²) in [6, 6.07) is 5.00. The van der Waals surface area contributed by atoms with Crippen molar-refractivity contribution in [3.05, 3.63) is 29.6 Å². The fourth-order valence-electron chi connectivity index (χ4n) is 2.25. The topological polar surface area (TPSA) is 93.4 Å². The molecule has 1 aliphatic heterocycles. The number of carbonyl (C=O) groups excluding carboxylic acids is 1. The van der Waals surface area contributed by atoms with E-state index in [1.807, 2.05) is 0 Å². The first-order chi connectivity index (χ1) is 10.0. The van der Waals surface area contributed by atoms with Crippen LogP contribution in [0.2, 0.25) is 0 Å². The number of rotatable bonds is 2. The highest BCUT2D eigenvalue weighted by Crippen LogP contribution is 2.19. The number of nitriles is 1. The standard InChI is InChI=1S/C14H14FN3O3/c15-12-6-11(4-3-9(12)7-16)17-14(21)18-5-1-2-10(8-18)13(19)20/h3-4,6,10H,1-2,5,8H2,(H,17,21)(H,19,20). The Hall–Kier alpha value is -2.62. The van der Waals surface area contributed by atoms with Crippen molar-refractivity contribution < 1.29 is 19.1 Å². The highest BCUT2D eigenvalue weighted by atomic mass is 19.1. The monoisotopic (exact) mass is 291 g/mol. The summed E-state index contributed by atoms with van der Waals surface area (Å²) in [6.07, 6.45) is 1.16. The summed E-state index contributed by atoms with van der Waals surface area (Å²) in [5, 5.41) is 20.1. The zero-order valence-corrected chi connectivity index (χ0v) is 11.2.